The van der Waals surface area contributed by atoms with Gasteiger partial charge in [-0.05, 0) is 72.3 Å². The molecule has 10 heteroatoms. The molecule has 1 heterocycles. The van der Waals surface area contributed by atoms with Gasteiger partial charge in [-0.1, -0.05) is 35.5 Å². The fourth-order valence-corrected chi connectivity index (χ4v) is 4.48. The van der Waals surface area contributed by atoms with Crippen molar-refractivity contribution in [3.05, 3.63) is 68.0 Å². The Bertz CT molecular complexity index is 1120. The van der Waals surface area contributed by atoms with Crippen molar-refractivity contribution in [1.29, 1.82) is 0 Å². The van der Waals surface area contributed by atoms with E-state index in [1.165, 1.54) is 11.8 Å². The average molecular weight is 570 g/mol. The quantitative estimate of drug-likeness (QED) is 0.321. The van der Waals surface area contributed by atoms with E-state index in [1.807, 2.05) is 32.0 Å². The number of amides is 2. The first-order valence-corrected chi connectivity index (χ1v) is 11.8. The predicted octanol–water partition coefficient (Wildman–Crippen LogP) is 4.60. The minimum atomic E-state index is -0.390. The Morgan fingerprint density at radius 3 is 2.68 bits per heavy atom. The largest absolute Gasteiger partial charge is 0.342 e. The van der Waals surface area contributed by atoms with Crippen LogP contribution in [0.25, 0.3) is 0 Å². The van der Waals surface area contributed by atoms with Crippen LogP contribution in [0.1, 0.15) is 34.7 Å². The normalized spacial score (nSPS) is 11.8. The van der Waals surface area contributed by atoms with Gasteiger partial charge in [-0.2, -0.15) is 0 Å². The number of carbonyl (C=O) groups excluding carboxylic acids is 2. The second-order valence-corrected chi connectivity index (χ2v) is 9.47. The van der Waals surface area contributed by atoms with Crippen LogP contribution in [0.3, 0.4) is 0 Å². The van der Waals surface area contributed by atoms with Crippen LogP contribution < -0.4 is 10.6 Å². The third kappa shape index (κ3) is 5.98. The number of rotatable bonds is 7. The maximum atomic E-state index is 12.5. The number of hydrogen-bond acceptors (Lipinski definition) is 5. The highest BCUT2D eigenvalue weighted by Crippen LogP contribution is 2.22. The zero-order chi connectivity index (χ0) is 22.5. The van der Waals surface area contributed by atoms with Crippen molar-refractivity contribution in [1.82, 2.24) is 20.1 Å². The molecule has 0 bridgehead atoms. The SMILES string of the molecule is Cc1cc(I)ccc1NC(=O)CSc1nnc([C@H](C)NC(=O)c2ccccc2Cl)n1C. The van der Waals surface area contributed by atoms with Crippen molar-refractivity contribution in [2.24, 2.45) is 7.05 Å². The highest BCUT2D eigenvalue weighted by Gasteiger charge is 2.20. The van der Waals surface area contributed by atoms with E-state index in [4.69, 9.17) is 11.6 Å². The van der Waals surface area contributed by atoms with E-state index in [1.54, 1.807) is 35.9 Å². The third-order valence-corrected chi connectivity index (χ3v) is 6.54. The lowest BCUT2D eigenvalue weighted by atomic mass is 10.2. The van der Waals surface area contributed by atoms with Crippen molar-refractivity contribution >= 4 is 63.5 Å². The van der Waals surface area contributed by atoms with Crippen LogP contribution in [-0.2, 0) is 11.8 Å². The average Bonchev–Trinajstić information content (AvgIpc) is 3.09. The molecular formula is C21H21ClIN5O2S. The van der Waals surface area contributed by atoms with Crippen molar-refractivity contribution in [3.8, 4) is 0 Å². The predicted molar refractivity (Wildman–Crippen MR) is 132 cm³/mol. The molecule has 1 atom stereocenters. The Hall–Kier alpha value is -2.11. The molecule has 0 aliphatic carbocycles. The van der Waals surface area contributed by atoms with E-state index in [0.29, 0.717) is 21.6 Å². The van der Waals surface area contributed by atoms with Gasteiger partial charge in [0, 0.05) is 16.3 Å². The van der Waals surface area contributed by atoms with Crippen LogP contribution in [0.4, 0.5) is 5.69 Å². The Balaban J connectivity index is 1.59. The van der Waals surface area contributed by atoms with E-state index in [9.17, 15) is 9.59 Å². The molecule has 162 valence electrons. The summed E-state index contributed by atoms with van der Waals surface area (Å²) < 4.78 is 2.89. The van der Waals surface area contributed by atoms with Crippen molar-refractivity contribution in [2.75, 3.05) is 11.1 Å². The molecule has 0 unspecified atom stereocenters. The molecule has 31 heavy (non-hydrogen) atoms. The van der Waals surface area contributed by atoms with Gasteiger partial charge in [0.1, 0.15) is 0 Å². The van der Waals surface area contributed by atoms with Crippen LogP contribution in [0, 0.1) is 10.5 Å². The van der Waals surface area contributed by atoms with Crippen LogP contribution >= 0.6 is 46.0 Å². The van der Waals surface area contributed by atoms with E-state index in [-0.39, 0.29) is 23.6 Å². The van der Waals surface area contributed by atoms with Gasteiger partial charge in [0.15, 0.2) is 11.0 Å². The van der Waals surface area contributed by atoms with Gasteiger partial charge in [0.25, 0.3) is 5.91 Å². The Morgan fingerprint density at radius 2 is 1.97 bits per heavy atom. The summed E-state index contributed by atoms with van der Waals surface area (Å²) in [4.78, 5) is 24.8. The lowest BCUT2D eigenvalue weighted by Crippen LogP contribution is -2.28. The zero-order valence-electron chi connectivity index (χ0n) is 17.1. The topological polar surface area (TPSA) is 88.9 Å². The van der Waals surface area contributed by atoms with Gasteiger partial charge < -0.3 is 15.2 Å². The molecule has 0 radical (unpaired) electrons. The third-order valence-electron chi connectivity index (χ3n) is 4.52. The molecule has 0 fully saturated rings. The van der Waals surface area contributed by atoms with Crippen LogP contribution in [0.15, 0.2) is 47.6 Å². The van der Waals surface area contributed by atoms with Gasteiger partial charge in [-0.15, -0.1) is 10.2 Å². The molecule has 2 amide bonds. The second-order valence-electron chi connectivity index (χ2n) is 6.87. The summed E-state index contributed by atoms with van der Waals surface area (Å²) in [5, 5.41) is 15.1. The summed E-state index contributed by atoms with van der Waals surface area (Å²) in [6.45, 7) is 3.78. The molecule has 3 rings (SSSR count). The number of thioether (sulfide) groups is 1. The minimum absolute atomic E-state index is 0.126. The highest BCUT2D eigenvalue weighted by molar-refractivity contribution is 14.1. The maximum absolute atomic E-state index is 12.5. The second kappa shape index (κ2) is 10.5. The lowest BCUT2D eigenvalue weighted by Gasteiger charge is -2.14. The van der Waals surface area contributed by atoms with Crippen LogP contribution in [0.2, 0.25) is 5.02 Å². The molecule has 0 aliphatic rings. The number of aromatic nitrogens is 3. The first-order valence-electron chi connectivity index (χ1n) is 9.39. The number of hydrogen-bond donors (Lipinski definition) is 2. The number of anilines is 1. The minimum Gasteiger partial charge on any atom is -0.342 e. The fraction of sp³-hybridized carbons (Fsp3) is 0.238. The summed E-state index contributed by atoms with van der Waals surface area (Å²) in [7, 11) is 1.80. The van der Waals surface area contributed by atoms with Gasteiger partial charge in [-0.25, -0.2) is 0 Å². The van der Waals surface area contributed by atoms with E-state index in [2.05, 4.69) is 43.4 Å². The first kappa shape index (κ1) is 23.6. The van der Waals surface area contributed by atoms with E-state index in [0.717, 1.165) is 14.8 Å². The standard InChI is InChI=1S/C21H21ClIN5O2S/c1-12-10-14(23)8-9-17(12)25-18(29)11-31-21-27-26-19(28(21)3)13(2)24-20(30)15-6-4-5-7-16(15)22/h4-10,13H,11H2,1-3H3,(H,24,30)(H,25,29)/t13-/m0/s1. The number of nitrogens with one attached hydrogen (secondary N) is 2. The van der Waals surface area contributed by atoms with Crippen molar-refractivity contribution in [3.63, 3.8) is 0 Å². The molecule has 0 aliphatic heterocycles. The fourth-order valence-electron chi connectivity index (χ4n) is 2.90. The number of nitrogens with zero attached hydrogens (tertiary/aromatic N) is 3. The highest BCUT2D eigenvalue weighted by atomic mass is 127. The summed E-state index contributed by atoms with van der Waals surface area (Å²) in [5.41, 5.74) is 2.20. The lowest BCUT2D eigenvalue weighted by molar-refractivity contribution is -0.113. The molecule has 0 saturated heterocycles. The van der Waals surface area contributed by atoms with E-state index < -0.39 is 0 Å². The van der Waals surface area contributed by atoms with E-state index >= 15 is 0 Å². The molecule has 0 saturated carbocycles. The molecule has 0 spiro atoms. The van der Waals surface area contributed by atoms with Crippen LogP contribution in [0.5, 0.6) is 0 Å². The van der Waals surface area contributed by atoms with Gasteiger partial charge >= 0.3 is 0 Å². The molecular weight excluding hydrogens is 549 g/mol. The number of carbonyl (C=O) groups is 2. The molecule has 3 aromatic rings. The van der Waals surface area contributed by atoms with Gasteiger partial charge in [-0.3, -0.25) is 9.59 Å². The monoisotopic (exact) mass is 569 g/mol. The summed E-state index contributed by atoms with van der Waals surface area (Å²) >= 11 is 9.61. The van der Waals surface area contributed by atoms with Crippen molar-refractivity contribution < 1.29 is 9.59 Å². The maximum Gasteiger partial charge on any atom is 0.253 e. The smallest absolute Gasteiger partial charge is 0.253 e. The number of halogens is 2. The van der Waals surface area contributed by atoms with Gasteiger partial charge in [0.05, 0.1) is 22.4 Å². The number of aryl methyl sites for hydroxylation is 1. The summed E-state index contributed by atoms with van der Waals surface area (Å²) in [6.07, 6.45) is 0. The van der Waals surface area contributed by atoms with Crippen molar-refractivity contribution in [2.45, 2.75) is 25.0 Å². The number of benzene rings is 2. The zero-order valence-corrected chi connectivity index (χ0v) is 20.9. The summed E-state index contributed by atoms with van der Waals surface area (Å²) in [5.74, 6) is 0.357. The molecule has 1 aromatic heterocycles. The molecule has 2 aromatic carbocycles. The Labute approximate surface area is 203 Å². The molecule has 2 N–H and O–H groups in total. The Kier molecular flexibility index (Phi) is 7.95. The Morgan fingerprint density at radius 1 is 1.23 bits per heavy atom. The first-order chi connectivity index (χ1) is 14.8. The summed E-state index contributed by atoms with van der Waals surface area (Å²) in [6, 6.07) is 12.3. The molecule has 7 nitrogen and oxygen atoms in total. The van der Waals surface area contributed by atoms with Gasteiger partial charge in [0.2, 0.25) is 5.91 Å². The van der Waals surface area contributed by atoms with Crippen LogP contribution in [-0.4, -0.2) is 32.3 Å².